The summed E-state index contributed by atoms with van der Waals surface area (Å²) in [5.41, 5.74) is 0.137. The van der Waals surface area contributed by atoms with E-state index in [-0.39, 0.29) is 41.7 Å². The smallest absolute Gasteiger partial charge is 0.271 e. The largest absolute Gasteiger partial charge is 0.478 e. The maximum absolute atomic E-state index is 13.0. The first-order valence-corrected chi connectivity index (χ1v) is 9.81. The standard InChI is InChI=1S/C20H27N3O5/c1-13(2)19-20(25)22(12-18(24)21(3)14-7-5-4-6-8-14)16-11-15(23(26)27)9-10-17(16)28-19/h9-11,13-14,19H,4-8,12H2,1-3H3. The van der Waals surface area contributed by atoms with Crippen LogP contribution in [-0.2, 0) is 9.59 Å². The molecule has 1 atom stereocenters. The Morgan fingerprint density at radius 1 is 1.32 bits per heavy atom. The molecule has 1 saturated carbocycles. The number of hydrogen-bond acceptors (Lipinski definition) is 5. The Hall–Kier alpha value is -2.64. The maximum Gasteiger partial charge on any atom is 0.271 e. The number of benzene rings is 1. The van der Waals surface area contributed by atoms with Crippen molar-refractivity contribution in [1.29, 1.82) is 0 Å². The highest BCUT2D eigenvalue weighted by Gasteiger charge is 2.39. The van der Waals surface area contributed by atoms with Crippen LogP contribution in [0.4, 0.5) is 11.4 Å². The van der Waals surface area contributed by atoms with E-state index in [9.17, 15) is 19.7 Å². The second-order valence-electron chi connectivity index (χ2n) is 7.91. The van der Waals surface area contributed by atoms with Gasteiger partial charge in [0.1, 0.15) is 12.3 Å². The Balaban J connectivity index is 1.88. The van der Waals surface area contributed by atoms with Crippen molar-refractivity contribution in [2.75, 3.05) is 18.5 Å². The molecule has 1 aromatic rings. The number of anilines is 1. The second kappa shape index (κ2) is 8.16. The zero-order chi connectivity index (χ0) is 20.4. The van der Waals surface area contributed by atoms with Gasteiger partial charge in [0.15, 0.2) is 6.10 Å². The molecule has 0 radical (unpaired) electrons. The molecular weight excluding hydrogens is 362 g/mol. The average Bonchev–Trinajstić information content (AvgIpc) is 2.69. The van der Waals surface area contributed by atoms with Crippen LogP contribution in [0.2, 0.25) is 0 Å². The quantitative estimate of drug-likeness (QED) is 0.570. The number of carbonyl (C=O) groups excluding carboxylic acids is 2. The number of nitro benzene ring substituents is 1. The van der Waals surface area contributed by atoms with E-state index in [2.05, 4.69) is 0 Å². The number of non-ortho nitro benzene ring substituents is 1. The molecule has 0 saturated heterocycles. The number of carbonyl (C=O) groups is 2. The Morgan fingerprint density at radius 2 is 2.00 bits per heavy atom. The van der Waals surface area contributed by atoms with Crippen LogP contribution in [0, 0.1) is 16.0 Å². The summed E-state index contributed by atoms with van der Waals surface area (Å²) in [6.07, 6.45) is 4.60. The predicted octanol–water partition coefficient (Wildman–Crippen LogP) is 3.14. The number of fused-ring (bicyclic) bond motifs is 1. The monoisotopic (exact) mass is 389 g/mol. The van der Waals surface area contributed by atoms with Gasteiger partial charge in [0.05, 0.1) is 10.6 Å². The highest BCUT2D eigenvalue weighted by Crippen LogP contribution is 2.38. The molecule has 3 rings (SSSR count). The molecule has 1 heterocycles. The number of nitrogens with zero attached hydrogens (tertiary/aromatic N) is 3. The van der Waals surface area contributed by atoms with Gasteiger partial charge < -0.3 is 9.64 Å². The van der Waals surface area contributed by atoms with Gasteiger partial charge in [0, 0.05) is 25.2 Å². The van der Waals surface area contributed by atoms with Gasteiger partial charge in [-0.25, -0.2) is 0 Å². The van der Waals surface area contributed by atoms with E-state index in [4.69, 9.17) is 4.74 Å². The fourth-order valence-electron chi connectivity index (χ4n) is 3.89. The zero-order valence-electron chi connectivity index (χ0n) is 16.6. The highest BCUT2D eigenvalue weighted by molar-refractivity contribution is 6.04. The molecule has 152 valence electrons. The predicted molar refractivity (Wildman–Crippen MR) is 104 cm³/mol. The fraction of sp³-hybridized carbons (Fsp3) is 0.600. The van der Waals surface area contributed by atoms with Crippen molar-refractivity contribution in [3.8, 4) is 5.75 Å². The minimum absolute atomic E-state index is 0.0930. The van der Waals surface area contributed by atoms with E-state index in [1.54, 1.807) is 11.9 Å². The first-order chi connectivity index (χ1) is 13.3. The van der Waals surface area contributed by atoms with Gasteiger partial charge in [-0.1, -0.05) is 33.1 Å². The molecule has 28 heavy (non-hydrogen) atoms. The lowest BCUT2D eigenvalue weighted by molar-refractivity contribution is -0.384. The lowest BCUT2D eigenvalue weighted by atomic mass is 9.94. The Morgan fingerprint density at radius 3 is 2.61 bits per heavy atom. The van der Waals surface area contributed by atoms with E-state index >= 15 is 0 Å². The summed E-state index contributed by atoms with van der Waals surface area (Å²) in [4.78, 5) is 39.6. The topological polar surface area (TPSA) is 93.0 Å². The molecule has 8 nitrogen and oxygen atoms in total. The van der Waals surface area contributed by atoms with Crippen LogP contribution in [0.15, 0.2) is 18.2 Å². The number of ether oxygens (including phenoxy) is 1. The molecule has 1 unspecified atom stereocenters. The molecule has 1 aliphatic heterocycles. The van der Waals surface area contributed by atoms with E-state index in [1.807, 2.05) is 13.8 Å². The van der Waals surface area contributed by atoms with Crippen LogP contribution in [0.25, 0.3) is 0 Å². The SMILES string of the molecule is CC(C)C1Oc2ccc([N+](=O)[O-])cc2N(CC(=O)N(C)C2CCCCC2)C1=O. The van der Waals surface area contributed by atoms with E-state index in [0.717, 1.165) is 25.7 Å². The molecule has 2 amide bonds. The average molecular weight is 389 g/mol. The van der Waals surface area contributed by atoms with E-state index < -0.39 is 11.0 Å². The molecule has 8 heteroatoms. The van der Waals surface area contributed by atoms with Gasteiger partial charge in [-0.2, -0.15) is 0 Å². The normalized spacial score (nSPS) is 19.9. The minimum atomic E-state index is -0.721. The first kappa shape index (κ1) is 20.1. The van der Waals surface area contributed by atoms with Crippen LogP contribution < -0.4 is 9.64 Å². The molecule has 2 aliphatic rings. The molecule has 0 spiro atoms. The molecule has 0 bridgehead atoms. The van der Waals surface area contributed by atoms with Crippen molar-refractivity contribution in [3.63, 3.8) is 0 Å². The van der Waals surface area contributed by atoms with Gasteiger partial charge >= 0.3 is 0 Å². The van der Waals surface area contributed by atoms with Crippen molar-refractivity contribution < 1.29 is 19.2 Å². The molecule has 0 aromatic heterocycles. The number of amides is 2. The molecule has 1 aliphatic carbocycles. The van der Waals surface area contributed by atoms with Crippen LogP contribution in [0.1, 0.15) is 46.0 Å². The summed E-state index contributed by atoms with van der Waals surface area (Å²) in [6, 6.07) is 4.33. The van der Waals surface area contributed by atoms with Crippen molar-refractivity contribution in [2.24, 2.45) is 5.92 Å². The van der Waals surface area contributed by atoms with Gasteiger partial charge in [-0.05, 0) is 24.8 Å². The lowest BCUT2D eigenvalue weighted by Gasteiger charge is -2.37. The maximum atomic E-state index is 13.0. The number of likely N-dealkylation sites (N-methyl/N-ethyl adjacent to an activating group) is 1. The van der Waals surface area contributed by atoms with Crippen LogP contribution in [0.5, 0.6) is 5.75 Å². The van der Waals surface area contributed by atoms with E-state index in [1.165, 1.54) is 29.5 Å². The third kappa shape index (κ3) is 3.95. The molecule has 1 aromatic carbocycles. The summed E-state index contributed by atoms with van der Waals surface area (Å²) >= 11 is 0. The van der Waals surface area contributed by atoms with Crippen molar-refractivity contribution in [2.45, 2.75) is 58.1 Å². The summed E-state index contributed by atoms with van der Waals surface area (Å²) in [5, 5.41) is 11.2. The van der Waals surface area contributed by atoms with Crippen LogP contribution >= 0.6 is 0 Å². The molecule has 0 N–H and O–H groups in total. The Labute approximate surface area is 164 Å². The summed E-state index contributed by atoms with van der Waals surface area (Å²) in [7, 11) is 1.78. The number of rotatable bonds is 5. The van der Waals surface area contributed by atoms with Crippen molar-refractivity contribution in [3.05, 3.63) is 28.3 Å². The lowest BCUT2D eigenvalue weighted by Crippen LogP contribution is -2.52. The number of hydrogen-bond donors (Lipinski definition) is 0. The first-order valence-electron chi connectivity index (χ1n) is 9.81. The molecular formula is C20H27N3O5. The Kier molecular flexibility index (Phi) is 5.86. The zero-order valence-corrected chi connectivity index (χ0v) is 16.6. The third-order valence-electron chi connectivity index (χ3n) is 5.62. The highest BCUT2D eigenvalue weighted by atomic mass is 16.6. The second-order valence-corrected chi connectivity index (χ2v) is 7.91. The number of nitro groups is 1. The van der Waals surface area contributed by atoms with Crippen molar-refractivity contribution in [1.82, 2.24) is 4.90 Å². The third-order valence-corrected chi connectivity index (χ3v) is 5.62. The molecule has 1 fully saturated rings. The summed E-state index contributed by atoms with van der Waals surface area (Å²) in [6.45, 7) is 3.59. The Bertz CT molecular complexity index is 773. The van der Waals surface area contributed by atoms with Gasteiger partial charge in [0.2, 0.25) is 5.91 Å². The van der Waals surface area contributed by atoms with Gasteiger partial charge in [-0.3, -0.25) is 24.6 Å². The summed E-state index contributed by atoms with van der Waals surface area (Å²) in [5.74, 6) is -0.211. The van der Waals surface area contributed by atoms with Crippen LogP contribution in [-0.4, -0.2) is 47.4 Å². The fourth-order valence-corrected chi connectivity index (χ4v) is 3.89. The van der Waals surface area contributed by atoms with Gasteiger partial charge in [-0.15, -0.1) is 0 Å². The van der Waals surface area contributed by atoms with E-state index in [0.29, 0.717) is 5.75 Å². The summed E-state index contributed by atoms with van der Waals surface area (Å²) < 4.78 is 5.79. The van der Waals surface area contributed by atoms with Gasteiger partial charge in [0.25, 0.3) is 11.6 Å². The van der Waals surface area contributed by atoms with Crippen LogP contribution in [0.3, 0.4) is 0 Å². The van der Waals surface area contributed by atoms with Crippen molar-refractivity contribution >= 4 is 23.2 Å². The minimum Gasteiger partial charge on any atom is -0.478 e.